The van der Waals surface area contributed by atoms with E-state index in [0.29, 0.717) is 5.92 Å². The summed E-state index contributed by atoms with van der Waals surface area (Å²) < 4.78 is 0. The van der Waals surface area contributed by atoms with Gasteiger partial charge in [0.05, 0.1) is 0 Å². The first kappa shape index (κ1) is 12.2. The lowest BCUT2D eigenvalue weighted by molar-refractivity contribution is 0.262. The Hall–Kier alpha value is -0.530. The Kier molecular flexibility index (Phi) is 2.89. The van der Waals surface area contributed by atoms with Crippen LogP contribution in [0.5, 0.6) is 0 Å². The maximum Gasteiger partial charge on any atom is 0.0440 e. The van der Waals surface area contributed by atoms with Crippen LogP contribution in [0.15, 0.2) is 24.3 Å². The number of benzene rings is 1. The maximum atomic E-state index is 6.27. The Morgan fingerprint density at radius 2 is 1.89 bits per heavy atom. The minimum atomic E-state index is 0.683. The van der Waals surface area contributed by atoms with Crippen molar-refractivity contribution < 1.29 is 0 Å². The van der Waals surface area contributed by atoms with E-state index in [1.807, 2.05) is 12.1 Å². The van der Waals surface area contributed by atoms with Crippen LogP contribution in [-0.2, 0) is 0 Å². The van der Waals surface area contributed by atoms with Crippen LogP contribution < -0.4 is 5.32 Å². The molecule has 0 aromatic heterocycles. The SMILES string of the molecule is Clc1ccccc1C1CC(NCC2(C3CC3)CC2)C1. The lowest BCUT2D eigenvalue weighted by Crippen LogP contribution is -2.43. The molecule has 3 aliphatic carbocycles. The number of halogens is 1. The summed E-state index contributed by atoms with van der Waals surface area (Å²) in [7, 11) is 0. The Bertz CT molecular complexity index is 470. The first-order valence-electron chi connectivity index (χ1n) is 7.75. The van der Waals surface area contributed by atoms with Crippen LogP contribution in [0.4, 0.5) is 0 Å². The normalized spacial score (nSPS) is 31.8. The van der Waals surface area contributed by atoms with Crippen molar-refractivity contribution in [1.82, 2.24) is 5.32 Å². The minimum absolute atomic E-state index is 0.683. The van der Waals surface area contributed by atoms with Crippen LogP contribution in [0.25, 0.3) is 0 Å². The van der Waals surface area contributed by atoms with Crippen molar-refractivity contribution in [2.75, 3.05) is 6.54 Å². The molecule has 3 aliphatic rings. The molecule has 1 N–H and O–H groups in total. The van der Waals surface area contributed by atoms with Gasteiger partial charge in [0.25, 0.3) is 0 Å². The van der Waals surface area contributed by atoms with Crippen LogP contribution in [0, 0.1) is 11.3 Å². The summed E-state index contributed by atoms with van der Waals surface area (Å²) >= 11 is 6.27. The van der Waals surface area contributed by atoms with Crippen LogP contribution in [0.3, 0.4) is 0 Å². The van der Waals surface area contributed by atoms with E-state index in [1.165, 1.54) is 50.6 Å². The van der Waals surface area contributed by atoms with E-state index < -0.39 is 0 Å². The van der Waals surface area contributed by atoms with Gasteiger partial charge in [-0.1, -0.05) is 29.8 Å². The Labute approximate surface area is 120 Å². The Balaban J connectivity index is 1.28. The summed E-state index contributed by atoms with van der Waals surface area (Å²) in [4.78, 5) is 0. The lowest BCUT2D eigenvalue weighted by Gasteiger charge is -2.37. The number of nitrogens with one attached hydrogen (secondary N) is 1. The van der Waals surface area contributed by atoms with E-state index in [2.05, 4.69) is 17.4 Å². The van der Waals surface area contributed by atoms with Gasteiger partial charge in [-0.05, 0) is 67.4 Å². The third kappa shape index (κ3) is 2.32. The van der Waals surface area contributed by atoms with Gasteiger partial charge in [0, 0.05) is 17.6 Å². The van der Waals surface area contributed by atoms with Crippen LogP contribution in [-0.4, -0.2) is 12.6 Å². The molecule has 1 nitrogen and oxygen atoms in total. The standard InChI is InChI=1S/C17H22ClN/c18-16-4-2-1-3-15(16)12-9-14(10-12)19-11-17(7-8-17)13-5-6-13/h1-4,12-14,19H,5-11H2. The molecular weight excluding hydrogens is 254 g/mol. The fraction of sp³-hybridized carbons (Fsp3) is 0.647. The second kappa shape index (κ2) is 4.49. The number of hydrogen-bond acceptors (Lipinski definition) is 1. The fourth-order valence-electron chi connectivity index (χ4n) is 3.78. The zero-order chi connectivity index (χ0) is 12.9. The predicted octanol–water partition coefficient (Wildman–Crippen LogP) is 4.37. The van der Waals surface area contributed by atoms with Gasteiger partial charge < -0.3 is 5.32 Å². The van der Waals surface area contributed by atoms with Gasteiger partial charge in [0.1, 0.15) is 0 Å². The molecule has 0 unspecified atom stereocenters. The van der Waals surface area contributed by atoms with Crippen molar-refractivity contribution >= 4 is 11.6 Å². The van der Waals surface area contributed by atoms with Gasteiger partial charge in [-0.3, -0.25) is 0 Å². The topological polar surface area (TPSA) is 12.0 Å². The first-order chi connectivity index (χ1) is 9.27. The third-order valence-corrected chi connectivity index (χ3v) is 5.91. The van der Waals surface area contributed by atoms with Gasteiger partial charge >= 0.3 is 0 Å². The molecule has 1 aromatic carbocycles. The van der Waals surface area contributed by atoms with Crippen molar-refractivity contribution in [2.45, 2.75) is 50.5 Å². The third-order valence-electron chi connectivity index (χ3n) is 5.56. The highest BCUT2D eigenvalue weighted by molar-refractivity contribution is 6.31. The van der Waals surface area contributed by atoms with Crippen LogP contribution >= 0.6 is 11.6 Å². The van der Waals surface area contributed by atoms with E-state index in [4.69, 9.17) is 11.6 Å². The molecular formula is C17H22ClN. The van der Waals surface area contributed by atoms with E-state index in [0.717, 1.165) is 22.4 Å². The fourth-order valence-corrected chi connectivity index (χ4v) is 4.07. The summed E-state index contributed by atoms with van der Waals surface area (Å²) in [5, 5.41) is 4.77. The minimum Gasteiger partial charge on any atom is -0.313 e. The molecule has 3 fully saturated rings. The van der Waals surface area contributed by atoms with Crippen molar-refractivity contribution in [1.29, 1.82) is 0 Å². The average Bonchev–Trinajstić information content (AvgIpc) is 3.23. The molecule has 3 saturated carbocycles. The highest BCUT2D eigenvalue weighted by Crippen LogP contribution is 2.61. The number of hydrogen-bond donors (Lipinski definition) is 1. The van der Waals surface area contributed by atoms with Crippen molar-refractivity contribution in [2.24, 2.45) is 11.3 Å². The van der Waals surface area contributed by atoms with Gasteiger partial charge in [-0.25, -0.2) is 0 Å². The maximum absolute atomic E-state index is 6.27. The van der Waals surface area contributed by atoms with Crippen molar-refractivity contribution in [3.63, 3.8) is 0 Å². The molecule has 0 radical (unpaired) electrons. The average molecular weight is 276 g/mol. The monoisotopic (exact) mass is 275 g/mol. The molecule has 4 rings (SSSR count). The Morgan fingerprint density at radius 3 is 2.53 bits per heavy atom. The molecule has 0 saturated heterocycles. The molecule has 0 bridgehead atoms. The van der Waals surface area contributed by atoms with Crippen LogP contribution in [0.1, 0.15) is 50.0 Å². The summed E-state index contributed by atoms with van der Waals surface area (Å²) in [6, 6.07) is 9.07. The molecule has 1 aromatic rings. The predicted molar refractivity (Wildman–Crippen MR) is 79.6 cm³/mol. The lowest BCUT2D eigenvalue weighted by atomic mass is 9.75. The molecule has 0 atom stereocenters. The summed E-state index contributed by atoms with van der Waals surface area (Å²) in [6.45, 7) is 1.28. The van der Waals surface area contributed by atoms with Gasteiger partial charge in [0.15, 0.2) is 0 Å². The molecule has 0 spiro atoms. The quantitative estimate of drug-likeness (QED) is 0.842. The van der Waals surface area contributed by atoms with Gasteiger partial charge in [-0.15, -0.1) is 0 Å². The second-order valence-corrected chi connectivity index (χ2v) is 7.31. The van der Waals surface area contributed by atoms with E-state index >= 15 is 0 Å². The van der Waals surface area contributed by atoms with E-state index in [9.17, 15) is 0 Å². The largest absolute Gasteiger partial charge is 0.313 e. The zero-order valence-corrected chi connectivity index (χ0v) is 12.1. The first-order valence-corrected chi connectivity index (χ1v) is 8.12. The molecule has 2 heteroatoms. The summed E-state index contributed by atoms with van der Waals surface area (Å²) in [5.74, 6) is 1.75. The smallest absolute Gasteiger partial charge is 0.0440 e. The van der Waals surface area contributed by atoms with Gasteiger partial charge in [-0.2, -0.15) is 0 Å². The summed E-state index contributed by atoms with van der Waals surface area (Å²) in [6.07, 6.45) is 8.48. The highest BCUT2D eigenvalue weighted by atomic mass is 35.5. The summed E-state index contributed by atoms with van der Waals surface area (Å²) in [5.41, 5.74) is 2.08. The molecule has 102 valence electrons. The molecule has 19 heavy (non-hydrogen) atoms. The second-order valence-electron chi connectivity index (χ2n) is 6.90. The zero-order valence-electron chi connectivity index (χ0n) is 11.4. The number of rotatable bonds is 5. The molecule has 0 aliphatic heterocycles. The Morgan fingerprint density at radius 1 is 1.16 bits per heavy atom. The van der Waals surface area contributed by atoms with Crippen LogP contribution in [0.2, 0.25) is 5.02 Å². The molecule has 0 amide bonds. The van der Waals surface area contributed by atoms with Gasteiger partial charge in [0.2, 0.25) is 0 Å². The highest BCUT2D eigenvalue weighted by Gasteiger charge is 2.53. The van der Waals surface area contributed by atoms with E-state index in [1.54, 1.807) is 0 Å². The molecule has 0 heterocycles. The van der Waals surface area contributed by atoms with E-state index in [-0.39, 0.29) is 0 Å². The van der Waals surface area contributed by atoms with Crippen molar-refractivity contribution in [3.8, 4) is 0 Å². The van der Waals surface area contributed by atoms with Crippen molar-refractivity contribution in [3.05, 3.63) is 34.9 Å².